The normalized spacial score (nSPS) is 16.6. The van der Waals surface area contributed by atoms with Crippen LogP contribution in [-0.4, -0.2) is 26.2 Å². The molecule has 3 aromatic carbocycles. The SMILES string of the molecule is COc1cc(OC)c2c(c1)OC(c1ccc(OC(C)=O)cc1)CC2C=Cc1ccc(OC(C)=O)cc1. The highest BCUT2D eigenvalue weighted by atomic mass is 16.5. The van der Waals surface area contributed by atoms with Gasteiger partial charge in [0, 0.05) is 37.5 Å². The van der Waals surface area contributed by atoms with Crippen LogP contribution in [0.1, 0.15) is 49.0 Å². The van der Waals surface area contributed by atoms with Crippen molar-refractivity contribution in [1.82, 2.24) is 0 Å². The maximum absolute atomic E-state index is 11.3. The molecule has 1 aliphatic rings. The van der Waals surface area contributed by atoms with E-state index in [4.69, 9.17) is 23.7 Å². The van der Waals surface area contributed by atoms with Crippen molar-refractivity contribution in [3.8, 4) is 28.7 Å². The van der Waals surface area contributed by atoms with Crippen LogP contribution in [0, 0.1) is 0 Å². The number of ether oxygens (including phenoxy) is 5. The van der Waals surface area contributed by atoms with Gasteiger partial charge in [-0.25, -0.2) is 0 Å². The second-order valence-corrected chi connectivity index (χ2v) is 8.37. The molecule has 0 saturated heterocycles. The summed E-state index contributed by atoms with van der Waals surface area (Å²) in [5.41, 5.74) is 2.87. The average molecular weight is 489 g/mol. The van der Waals surface area contributed by atoms with Gasteiger partial charge in [0.1, 0.15) is 34.9 Å². The zero-order chi connectivity index (χ0) is 25.7. The molecular formula is C29H28O7. The Hall–Kier alpha value is -4.26. The largest absolute Gasteiger partial charge is 0.496 e. The molecule has 186 valence electrons. The molecule has 0 radical (unpaired) electrons. The molecule has 2 atom stereocenters. The Bertz CT molecular complexity index is 1260. The van der Waals surface area contributed by atoms with Crippen molar-refractivity contribution >= 4 is 18.0 Å². The maximum atomic E-state index is 11.3. The van der Waals surface area contributed by atoms with Crippen LogP contribution in [0.3, 0.4) is 0 Å². The van der Waals surface area contributed by atoms with E-state index in [0.29, 0.717) is 35.2 Å². The molecule has 1 aliphatic heterocycles. The zero-order valence-corrected chi connectivity index (χ0v) is 20.6. The molecular weight excluding hydrogens is 460 g/mol. The zero-order valence-electron chi connectivity index (χ0n) is 20.6. The molecule has 0 saturated carbocycles. The lowest BCUT2D eigenvalue weighted by atomic mass is 9.86. The first-order chi connectivity index (χ1) is 17.4. The fourth-order valence-electron chi connectivity index (χ4n) is 4.21. The molecule has 1 heterocycles. The Morgan fingerprint density at radius 1 is 0.833 bits per heavy atom. The first kappa shape index (κ1) is 24.9. The lowest BCUT2D eigenvalue weighted by Gasteiger charge is -2.32. The number of carbonyl (C=O) groups excluding carboxylic acids is 2. The van der Waals surface area contributed by atoms with E-state index in [1.54, 1.807) is 38.5 Å². The second kappa shape index (κ2) is 11.0. The lowest BCUT2D eigenvalue weighted by molar-refractivity contribution is -0.132. The third-order valence-electron chi connectivity index (χ3n) is 5.82. The van der Waals surface area contributed by atoms with Crippen LogP contribution in [-0.2, 0) is 9.59 Å². The van der Waals surface area contributed by atoms with Crippen LogP contribution in [0.25, 0.3) is 6.08 Å². The van der Waals surface area contributed by atoms with E-state index in [9.17, 15) is 9.59 Å². The van der Waals surface area contributed by atoms with Gasteiger partial charge in [0.15, 0.2) is 0 Å². The fraction of sp³-hybridized carbons (Fsp3) is 0.241. The van der Waals surface area contributed by atoms with Crippen LogP contribution in [0.4, 0.5) is 0 Å². The van der Waals surface area contributed by atoms with Crippen molar-refractivity contribution in [2.45, 2.75) is 32.3 Å². The summed E-state index contributed by atoms with van der Waals surface area (Å²) in [5.74, 6) is 2.27. The average Bonchev–Trinajstić information content (AvgIpc) is 2.87. The van der Waals surface area contributed by atoms with Gasteiger partial charge in [0.05, 0.1) is 14.2 Å². The number of benzene rings is 3. The van der Waals surface area contributed by atoms with Gasteiger partial charge >= 0.3 is 11.9 Å². The first-order valence-electron chi connectivity index (χ1n) is 11.5. The molecule has 0 bridgehead atoms. The number of hydrogen-bond acceptors (Lipinski definition) is 7. The standard InChI is InChI=1S/C29H28O7/c1-18(30)34-23-11-6-20(7-12-23)5-8-22-15-26(21-9-13-24(14-10-21)35-19(2)31)36-28-17-25(32-3)16-27(33-4)29(22)28/h5-14,16-17,22,26H,15H2,1-4H3. The minimum atomic E-state index is -0.365. The van der Waals surface area contributed by atoms with E-state index in [1.807, 2.05) is 42.5 Å². The Labute approximate surface area is 210 Å². The van der Waals surface area contributed by atoms with Crippen LogP contribution < -0.4 is 23.7 Å². The molecule has 0 spiro atoms. The molecule has 7 heteroatoms. The highest BCUT2D eigenvalue weighted by Crippen LogP contribution is 2.49. The number of methoxy groups -OCH3 is 2. The number of rotatable bonds is 7. The Kier molecular flexibility index (Phi) is 7.59. The molecule has 0 aliphatic carbocycles. The highest BCUT2D eigenvalue weighted by molar-refractivity contribution is 5.70. The fourth-order valence-corrected chi connectivity index (χ4v) is 4.21. The van der Waals surface area contributed by atoms with Gasteiger partial charge in [-0.3, -0.25) is 9.59 Å². The number of fused-ring (bicyclic) bond motifs is 1. The predicted molar refractivity (Wildman–Crippen MR) is 135 cm³/mol. The highest BCUT2D eigenvalue weighted by Gasteiger charge is 2.31. The molecule has 4 rings (SSSR count). The molecule has 7 nitrogen and oxygen atoms in total. The van der Waals surface area contributed by atoms with E-state index >= 15 is 0 Å². The minimum Gasteiger partial charge on any atom is -0.496 e. The second-order valence-electron chi connectivity index (χ2n) is 8.37. The molecule has 0 amide bonds. The van der Waals surface area contributed by atoms with Gasteiger partial charge < -0.3 is 23.7 Å². The summed E-state index contributed by atoms with van der Waals surface area (Å²) in [6.07, 6.45) is 4.59. The summed E-state index contributed by atoms with van der Waals surface area (Å²) in [4.78, 5) is 22.4. The monoisotopic (exact) mass is 488 g/mol. The number of allylic oxidation sites excluding steroid dienone is 1. The minimum absolute atomic E-state index is 0.0131. The van der Waals surface area contributed by atoms with Crippen molar-refractivity contribution in [3.63, 3.8) is 0 Å². The molecule has 2 unspecified atom stereocenters. The lowest BCUT2D eigenvalue weighted by Crippen LogP contribution is -2.19. The van der Waals surface area contributed by atoms with Crippen LogP contribution in [0.15, 0.2) is 66.7 Å². The van der Waals surface area contributed by atoms with Gasteiger partial charge in [-0.05, 0) is 41.8 Å². The molecule has 0 N–H and O–H groups in total. The Balaban J connectivity index is 1.66. The van der Waals surface area contributed by atoms with Crippen molar-refractivity contribution in [2.24, 2.45) is 0 Å². The third kappa shape index (κ3) is 5.86. The van der Waals surface area contributed by atoms with E-state index in [1.165, 1.54) is 13.8 Å². The maximum Gasteiger partial charge on any atom is 0.308 e. The van der Waals surface area contributed by atoms with E-state index in [0.717, 1.165) is 16.7 Å². The summed E-state index contributed by atoms with van der Waals surface area (Å²) in [5, 5.41) is 0. The summed E-state index contributed by atoms with van der Waals surface area (Å²) in [7, 11) is 3.23. The molecule has 3 aromatic rings. The van der Waals surface area contributed by atoms with E-state index < -0.39 is 0 Å². The van der Waals surface area contributed by atoms with E-state index in [2.05, 4.69) is 6.08 Å². The molecule has 36 heavy (non-hydrogen) atoms. The van der Waals surface area contributed by atoms with E-state index in [-0.39, 0.29) is 24.0 Å². The number of esters is 2. The molecule has 0 fully saturated rings. The van der Waals surface area contributed by atoms with Crippen molar-refractivity contribution in [2.75, 3.05) is 14.2 Å². The smallest absolute Gasteiger partial charge is 0.308 e. The van der Waals surface area contributed by atoms with Crippen molar-refractivity contribution < 1.29 is 33.3 Å². The van der Waals surface area contributed by atoms with Gasteiger partial charge in [-0.1, -0.05) is 36.4 Å². The number of carbonyl (C=O) groups is 2. The van der Waals surface area contributed by atoms with Crippen LogP contribution in [0.5, 0.6) is 28.7 Å². The molecule has 0 aromatic heterocycles. The van der Waals surface area contributed by atoms with Gasteiger partial charge in [-0.15, -0.1) is 0 Å². The summed E-state index contributed by atoms with van der Waals surface area (Å²) in [6.45, 7) is 2.75. The van der Waals surface area contributed by atoms with Crippen LogP contribution >= 0.6 is 0 Å². The topological polar surface area (TPSA) is 80.3 Å². The summed E-state index contributed by atoms with van der Waals surface area (Å²) < 4.78 is 27.8. The number of hydrogen-bond donors (Lipinski definition) is 0. The first-order valence-corrected chi connectivity index (χ1v) is 11.5. The quantitative estimate of drug-likeness (QED) is 0.304. The van der Waals surface area contributed by atoms with Crippen LogP contribution in [0.2, 0.25) is 0 Å². The summed E-state index contributed by atoms with van der Waals surface area (Å²) in [6, 6.07) is 18.4. The summed E-state index contributed by atoms with van der Waals surface area (Å²) >= 11 is 0. The van der Waals surface area contributed by atoms with Gasteiger partial charge in [0.2, 0.25) is 0 Å². The Morgan fingerprint density at radius 3 is 2.00 bits per heavy atom. The van der Waals surface area contributed by atoms with Gasteiger partial charge in [0.25, 0.3) is 0 Å². The Morgan fingerprint density at radius 2 is 1.44 bits per heavy atom. The van der Waals surface area contributed by atoms with Gasteiger partial charge in [-0.2, -0.15) is 0 Å². The predicted octanol–water partition coefficient (Wildman–Crippen LogP) is 5.88. The van der Waals surface area contributed by atoms with Crippen molar-refractivity contribution in [1.29, 1.82) is 0 Å². The third-order valence-corrected chi connectivity index (χ3v) is 5.82. The van der Waals surface area contributed by atoms with Crippen molar-refractivity contribution in [3.05, 3.63) is 83.4 Å².